The van der Waals surface area contributed by atoms with Crippen molar-refractivity contribution >= 4 is 5.57 Å². The van der Waals surface area contributed by atoms with Crippen LogP contribution in [0.15, 0.2) is 53.2 Å². The Kier molecular flexibility index (Phi) is 2.51. The van der Waals surface area contributed by atoms with E-state index in [1.807, 2.05) is 13.8 Å². The summed E-state index contributed by atoms with van der Waals surface area (Å²) in [5, 5.41) is 2.48. The van der Waals surface area contributed by atoms with E-state index in [1.165, 1.54) is 22.9 Å². The molecule has 1 aliphatic heterocycles. The molecule has 1 heteroatoms. The summed E-state index contributed by atoms with van der Waals surface area (Å²) in [6.07, 6.45) is 7.92. The summed E-state index contributed by atoms with van der Waals surface area (Å²) in [5.74, 6) is 0.699. The van der Waals surface area contributed by atoms with Crippen LogP contribution in [0.1, 0.15) is 27.2 Å². The molecule has 92 valence electrons. The van der Waals surface area contributed by atoms with Gasteiger partial charge in [0, 0.05) is 10.6 Å². The van der Waals surface area contributed by atoms with Crippen molar-refractivity contribution in [2.45, 2.75) is 27.2 Å². The van der Waals surface area contributed by atoms with Gasteiger partial charge in [-0.15, -0.1) is 0 Å². The van der Waals surface area contributed by atoms with Crippen molar-refractivity contribution in [3.05, 3.63) is 58.8 Å². The fraction of sp³-hybridized carbons (Fsp3) is 0.353. The lowest BCUT2D eigenvalue weighted by atomic mass is 9.85. The van der Waals surface area contributed by atoms with Crippen molar-refractivity contribution in [2.75, 3.05) is 0 Å². The Morgan fingerprint density at radius 3 is 2.83 bits per heavy atom. The van der Waals surface area contributed by atoms with Crippen LogP contribution < -0.4 is 10.6 Å². The molecule has 2 aliphatic carbocycles. The van der Waals surface area contributed by atoms with Crippen molar-refractivity contribution in [2.24, 2.45) is 16.3 Å². The van der Waals surface area contributed by atoms with Crippen LogP contribution in [0.5, 0.6) is 0 Å². The van der Waals surface area contributed by atoms with Gasteiger partial charge in [0.25, 0.3) is 0 Å². The van der Waals surface area contributed by atoms with E-state index in [2.05, 4.69) is 49.4 Å². The molecule has 4 rings (SSSR count). The van der Waals surface area contributed by atoms with E-state index in [1.54, 1.807) is 0 Å². The Balaban J connectivity index is 0.000000478. The number of benzene rings is 1. The number of hydrogen-bond acceptors (Lipinski definition) is 1. The molecule has 1 nitrogen and oxygen atoms in total. The van der Waals surface area contributed by atoms with Gasteiger partial charge in [-0.05, 0) is 31.4 Å². The predicted molar refractivity (Wildman–Crippen MR) is 75.4 cm³/mol. The SMILES string of the molecule is CC.CC1=c2ccccc2=NC2=CC=CC3CC213. The number of allylic oxidation sites excluding steroid dienone is 4. The maximum atomic E-state index is 4.82. The minimum atomic E-state index is 0.267. The molecule has 0 amide bonds. The van der Waals surface area contributed by atoms with Gasteiger partial charge in [0.2, 0.25) is 0 Å². The summed E-state index contributed by atoms with van der Waals surface area (Å²) in [5.41, 5.74) is 3.05. The lowest BCUT2D eigenvalue weighted by Crippen LogP contribution is -2.34. The Morgan fingerprint density at radius 1 is 1.22 bits per heavy atom. The third-order valence-corrected chi connectivity index (χ3v) is 4.29. The van der Waals surface area contributed by atoms with E-state index in [0.717, 1.165) is 5.36 Å². The van der Waals surface area contributed by atoms with E-state index in [9.17, 15) is 0 Å². The van der Waals surface area contributed by atoms with Gasteiger partial charge in [-0.1, -0.05) is 49.8 Å². The minimum absolute atomic E-state index is 0.267. The van der Waals surface area contributed by atoms with Crippen LogP contribution in [0.2, 0.25) is 0 Å². The van der Waals surface area contributed by atoms with Crippen LogP contribution in [-0.2, 0) is 0 Å². The molecule has 1 heterocycles. The first-order chi connectivity index (χ1) is 8.82. The predicted octanol–water partition coefficient (Wildman–Crippen LogP) is 2.98. The van der Waals surface area contributed by atoms with Crippen LogP contribution >= 0.6 is 0 Å². The van der Waals surface area contributed by atoms with Crippen molar-refractivity contribution in [1.29, 1.82) is 0 Å². The largest absolute Gasteiger partial charge is 0.252 e. The first-order valence-corrected chi connectivity index (χ1v) is 6.86. The molecule has 1 aromatic rings. The monoisotopic (exact) mass is 237 g/mol. The van der Waals surface area contributed by atoms with Gasteiger partial charge in [0.1, 0.15) is 0 Å². The highest BCUT2D eigenvalue weighted by molar-refractivity contribution is 5.65. The average Bonchev–Trinajstić information content (AvgIpc) is 3.17. The van der Waals surface area contributed by atoms with Crippen molar-refractivity contribution in [3.63, 3.8) is 0 Å². The van der Waals surface area contributed by atoms with Gasteiger partial charge >= 0.3 is 0 Å². The Morgan fingerprint density at radius 2 is 2.00 bits per heavy atom. The van der Waals surface area contributed by atoms with Gasteiger partial charge in [-0.2, -0.15) is 0 Å². The molecule has 3 aliphatic rings. The van der Waals surface area contributed by atoms with Gasteiger partial charge < -0.3 is 0 Å². The Bertz CT molecular complexity index is 663. The molecule has 1 fully saturated rings. The zero-order valence-corrected chi connectivity index (χ0v) is 11.3. The molecule has 1 saturated carbocycles. The zero-order chi connectivity index (χ0) is 12.8. The molecule has 1 spiro atoms. The molecule has 0 aromatic heterocycles. The molecule has 0 N–H and O–H groups in total. The summed E-state index contributed by atoms with van der Waals surface area (Å²) < 4.78 is 0. The number of fused-ring (bicyclic) bond motifs is 1. The number of rotatable bonds is 0. The normalized spacial score (nSPS) is 29.8. The third-order valence-electron chi connectivity index (χ3n) is 4.29. The molecule has 2 atom stereocenters. The van der Waals surface area contributed by atoms with Crippen LogP contribution in [0.4, 0.5) is 0 Å². The van der Waals surface area contributed by atoms with E-state index in [4.69, 9.17) is 4.99 Å². The highest BCUT2D eigenvalue weighted by atomic mass is 14.8. The fourth-order valence-corrected chi connectivity index (χ4v) is 3.26. The lowest BCUT2D eigenvalue weighted by Gasteiger charge is -2.24. The number of hydrogen-bond donors (Lipinski definition) is 0. The first kappa shape index (κ1) is 11.5. The van der Waals surface area contributed by atoms with Crippen LogP contribution in [0, 0.1) is 11.3 Å². The molecule has 2 unspecified atom stereocenters. The molecule has 0 saturated heterocycles. The van der Waals surface area contributed by atoms with Gasteiger partial charge in [-0.3, -0.25) is 4.99 Å². The molecule has 0 radical (unpaired) electrons. The van der Waals surface area contributed by atoms with Crippen LogP contribution in [-0.4, -0.2) is 0 Å². The molecule has 0 bridgehead atoms. The van der Waals surface area contributed by atoms with Crippen LogP contribution in [0.3, 0.4) is 0 Å². The first-order valence-electron chi connectivity index (χ1n) is 6.86. The summed E-state index contributed by atoms with van der Waals surface area (Å²) in [6, 6.07) is 8.49. The van der Waals surface area contributed by atoms with E-state index in [-0.39, 0.29) is 5.41 Å². The highest BCUT2D eigenvalue weighted by Crippen LogP contribution is 2.65. The molecular weight excluding hydrogens is 218 g/mol. The van der Waals surface area contributed by atoms with Gasteiger partial charge in [-0.25, -0.2) is 0 Å². The highest BCUT2D eigenvalue weighted by Gasteiger charge is 2.58. The number of para-hydroxylation sites is 1. The third kappa shape index (κ3) is 1.30. The van der Waals surface area contributed by atoms with Crippen LogP contribution in [0.25, 0.3) is 5.57 Å². The number of nitrogens with zero attached hydrogens (tertiary/aromatic N) is 1. The topological polar surface area (TPSA) is 12.4 Å². The second-order valence-electron chi connectivity index (χ2n) is 4.97. The van der Waals surface area contributed by atoms with Crippen molar-refractivity contribution in [1.82, 2.24) is 0 Å². The van der Waals surface area contributed by atoms with E-state index in [0.29, 0.717) is 5.92 Å². The zero-order valence-electron chi connectivity index (χ0n) is 11.3. The Labute approximate surface area is 108 Å². The van der Waals surface area contributed by atoms with Gasteiger partial charge in [0.15, 0.2) is 0 Å². The maximum absolute atomic E-state index is 4.82. The smallest absolute Gasteiger partial charge is 0.0705 e. The minimum Gasteiger partial charge on any atom is -0.252 e. The summed E-state index contributed by atoms with van der Waals surface area (Å²) >= 11 is 0. The van der Waals surface area contributed by atoms with Gasteiger partial charge in [0.05, 0.1) is 11.1 Å². The summed E-state index contributed by atoms with van der Waals surface area (Å²) in [6.45, 7) is 6.28. The quantitative estimate of drug-likeness (QED) is 0.658. The second kappa shape index (κ2) is 3.94. The summed E-state index contributed by atoms with van der Waals surface area (Å²) in [4.78, 5) is 4.82. The molecular formula is C17H19N. The summed E-state index contributed by atoms with van der Waals surface area (Å²) in [7, 11) is 0. The van der Waals surface area contributed by atoms with E-state index < -0.39 is 0 Å². The maximum Gasteiger partial charge on any atom is 0.0705 e. The molecule has 1 aromatic carbocycles. The van der Waals surface area contributed by atoms with Crippen molar-refractivity contribution < 1.29 is 0 Å². The fourth-order valence-electron chi connectivity index (χ4n) is 3.26. The average molecular weight is 237 g/mol. The second-order valence-corrected chi connectivity index (χ2v) is 4.97. The standard InChI is InChI=1S/C15H13N.C2H6/c1-10-12-6-2-3-7-13(12)16-14-8-4-5-11-9-15(10,11)14;1-2/h2-8,11H,9H2,1H3;1-2H3. The lowest BCUT2D eigenvalue weighted by molar-refractivity contribution is 0.702. The Hall–Kier alpha value is -1.63. The molecule has 18 heavy (non-hydrogen) atoms. The van der Waals surface area contributed by atoms with E-state index >= 15 is 0 Å². The van der Waals surface area contributed by atoms with Crippen molar-refractivity contribution in [3.8, 4) is 0 Å².